The second-order valence-electron chi connectivity index (χ2n) is 6.21. The zero-order valence-electron chi connectivity index (χ0n) is 14.5. The van der Waals surface area contributed by atoms with Crippen LogP contribution in [0.5, 0.6) is 0 Å². The molecule has 0 aliphatic carbocycles. The average molecular weight is 422 g/mol. The molecule has 140 valence electrons. The number of hydrogen-bond donors (Lipinski definition) is 1. The molecule has 1 N–H and O–H groups in total. The molecule has 0 radical (unpaired) electrons. The molecule has 0 spiro atoms. The molecule has 1 heterocycles. The van der Waals surface area contributed by atoms with Gasteiger partial charge in [-0.15, -0.1) is 0 Å². The fraction of sp³-hybridized carbons (Fsp3) is 0.167. The smallest absolute Gasteiger partial charge is 0.248 e. The predicted octanol–water partition coefficient (Wildman–Crippen LogP) is 4.05. The Morgan fingerprint density at radius 1 is 1.07 bits per heavy atom. The van der Waals surface area contributed by atoms with Gasteiger partial charge in [0.05, 0.1) is 4.90 Å². The Bertz CT molecular complexity index is 1060. The molecule has 0 fully saturated rings. The van der Waals surface area contributed by atoms with Gasteiger partial charge in [0.15, 0.2) is 9.84 Å². The van der Waals surface area contributed by atoms with Crippen molar-refractivity contribution in [3.8, 4) is 10.6 Å². The van der Waals surface area contributed by atoms with Crippen molar-refractivity contribution in [2.75, 3.05) is 5.32 Å². The van der Waals surface area contributed by atoms with Gasteiger partial charge in [-0.05, 0) is 49.6 Å². The first-order valence-corrected chi connectivity index (χ1v) is 10.6. The highest BCUT2D eigenvalue weighted by molar-refractivity contribution is 7.93. The van der Waals surface area contributed by atoms with Gasteiger partial charge in [0.1, 0.15) is 9.75 Å². The van der Waals surface area contributed by atoms with Crippen LogP contribution < -0.4 is 5.32 Å². The molecule has 27 heavy (non-hydrogen) atoms. The number of carbonyl (C=O) groups is 1. The predicted molar refractivity (Wildman–Crippen MR) is 107 cm³/mol. The first-order chi connectivity index (χ1) is 12.7. The van der Waals surface area contributed by atoms with Gasteiger partial charge in [0, 0.05) is 10.6 Å². The lowest BCUT2D eigenvalue weighted by atomic mass is 10.2. The molecule has 0 aliphatic rings. The normalized spacial score (nSPS) is 12.0. The molecular weight excluding hydrogens is 406 g/mol. The van der Waals surface area contributed by atoms with E-state index in [9.17, 15) is 13.2 Å². The number of rotatable bonds is 5. The van der Waals surface area contributed by atoms with Crippen LogP contribution in [-0.2, 0) is 14.6 Å². The lowest BCUT2D eigenvalue weighted by Gasteiger charge is -2.23. The van der Waals surface area contributed by atoms with E-state index in [2.05, 4.69) is 14.7 Å². The summed E-state index contributed by atoms with van der Waals surface area (Å²) in [7, 11) is -3.94. The van der Waals surface area contributed by atoms with E-state index in [1.54, 1.807) is 0 Å². The summed E-state index contributed by atoms with van der Waals surface area (Å²) in [5.41, 5.74) is 0.864. The van der Waals surface area contributed by atoms with E-state index >= 15 is 0 Å². The van der Waals surface area contributed by atoms with Crippen molar-refractivity contribution >= 4 is 44.8 Å². The minimum absolute atomic E-state index is 0.0169. The Balaban J connectivity index is 1.82. The number of aromatic nitrogens is 2. The van der Waals surface area contributed by atoms with Crippen LogP contribution in [0, 0.1) is 0 Å². The Labute approximate surface area is 166 Å². The number of anilines is 1. The molecule has 9 heteroatoms. The molecule has 6 nitrogen and oxygen atoms in total. The highest BCUT2D eigenvalue weighted by Gasteiger charge is 2.43. The lowest BCUT2D eigenvalue weighted by Crippen LogP contribution is -2.44. The molecule has 0 saturated carbocycles. The summed E-state index contributed by atoms with van der Waals surface area (Å²) in [5, 5.41) is 3.55. The van der Waals surface area contributed by atoms with Gasteiger partial charge in [0.25, 0.3) is 0 Å². The van der Waals surface area contributed by atoms with E-state index < -0.39 is 20.5 Å². The summed E-state index contributed by atoms with van der Waals surface area (Å²) in [6.07, 6.45) is 0. The van der Waals surface area contributed by atoms with E-state index in [4.69, 9.17) is 11.6 Å². The van der Waals surface area contributed by atoms with Crippen molar-refractivity contribution in [3.63, 3.8) is 0 Å². The van der Waals surface area contributed by atoms with Crippen LogP contribution in [0.15, 0.2) is 59.5 Å². The van der Waals surface area contributed by atoms with Gasteiger partial charge >= 0.3 is 0 Å². The maximum absolute atomic E-state index is 12.9. The van der Waals surface area contributed by atoms with E-state index in [1.165, 1.54) is 38.1 Å². The molecule has 0 unspecified atom stereocenters. The number of halogens is 1. The van der Waals surface area contributed by atoms with Gasteiger partial charge in [0.2, 0.25) is 11.9 Å². The molecule has 3 aromatic rings. The number of hydrogen-bond acceptors (Lipinski definition) is 6. The van der Waals surface area contributed by atoms with Crippen LogP contribution in [0.2, 0.25) is 5.02 Å². The first kappa shape index (κ1) is 19.5. The van der Waals surface area contributed by atoms with E-state index in [-0.39, 0.29) is 10.8 Å². The molecular formula is C18H16ClN3O3S2. The molecule has 0 saturated heterocycles. The second kappa shape index (κ2) is 7.38. The molecule has 1 amide bonds. The summed E-state index contributed by atoms with van der Waals surface area (Å²) < 4.78 is 28.1. The van der Waals surface area contributed by atoms with E-state index in [0.29, 0.717) is 10.0 Å². The number of sulfone groups is 1. The summed E-state index contributed by atoms with van der Waals surface area (Å²) >= 11 is 6.93. The summed E-state index contributed by atoms with van der Waals surface area (Å²) in [6, 6.07) is 15.1. The minimum atomic E-state index is -3.94. The van der Waals surface area contributed by atoms with Crippen LogP contribution in [0.4, 0.5) is 5.95 Å². The maximum Gasteiger partial charge on any atom is 0.248 e. The van der Waals surface area contributed by atoms with Crippen LogP contribution in [-0.4, -0.2) is 28.4 Å². The Hall–Kier alpha value is -2.29. The van der Waals surface area contributed by atoms with Crippen molar-refractivity contribution in [2.45, 2.75) is 23.5 Å². The second-order valence-corrected chi connectivity index (χ2v) is 9.90. The third-order valence-corrected chi connectivity index (χ3v) is 7.45. The van der Waals surface area contributed by atoms with Crippen molar-refractivity contribution in [3.05, 3.63) is 59.6 Å². The zero-order chi connectivity index (χ0) is 19.7. The maximum atomic E-state index is 12.9. The van der Waals surface area contributed by atoms with Crippen molar-refractivity contribution in [1.82, 2.24) is 9.36 Å². The van der Waals surface area contributed by atoms with Gasteiger partial charge in [-0.2, -0.15) is 9.36 Å². The Morgan fingerprint density at radius 2 is 1.70 bits per heavy atom. The molecule has 0 bridgehead atoms. The molecule has 3 rings (SSSR count). The van der Waals surface area contributed by atoms with Crippen molar-refractivity contribution < 1.29 is 13.2 Å². The van der Waals surface area contributed by atoms with Gasteiger partial charge in [-0.25, -0.2) is 8.42 Å². The van der Waals surface area contributed by atoms with Gasteiger partial charge in [-0.3, -0.25) is 10.1 Å². The standard InChI is InChI=1S/C18H16ClN3O3S2/c1-18(2,27(24,25)14-10-8-13(19)9-11-14)16(23)21-17-20-15(26-22-17)12-6-4-3-5-7-12/h3-11H,1-2H3,(H,21,22,23). The Morgan fingerprint density at radius 3 is 2.33 bits per heavy atom. The number of nitrogens with one attached hydrogen (secondary N) is 1. The summed E-state index contributed by atoms with van der Waals surface area (Å²) in [6.45, 7) is 2.69. The highest BCUT2D eigenvalue weighted by Crippen LogP contribution is 2.28. The largest absolute Gasteiger partial charge is 0.292 e. The van der Waals surface area contributed by atoms with Crippen LogP contribution in [0.25, 0.3) is 10.6 Å². The monoisotopic (exact) mass is 421 g/mol. The van der Waals surface area contributed by atoms with Crippen LogP contribution in [0.1, 0.15) is 13.8 Å². The molecule has 1 aromatic heterocycles. The third-order valence-electron chi connectivity index (χ3n) is 4.01. The minimum Gasteiger partial charge on any atom is -0.292 e. The number of carbonyl (C=O) groups excluding carboxylic acids is 1. The fourth-order valence-electron chi connectivity index (χ4n) is 2.25. The first-order valence-electron chi connectivity index (χ1n) is 7.92. The molecule has 2 aromatic carbocycles. The summed E-state index contributed by atoms with van der Waals surface area (Å²) in [5.74, 6) is -0.641. The quantitative estimate of drug-likeness (QED) is 0.671. The lowest BCUT2D eigenvalue weighted by molar-refractivity contribution is -0.117. The van der Waals surface area contributed by atoms with Crippen molar-refractivity contribution in [1.29, 1.82) is 0 Å². The molecule has 0 aliphatic heterocycles. The van der Waals surface area contributed by atoms with Crippen LogP contribution in [0.3, 0.4) is 0 Å². The topological polar surface area (TPSA) is 89.0 Å². The molecule has 0 atom stereocenters. The number of nitrogens with zero attached hydrogens (tertiary/aromatic N) is 2. The van der Waals surface area contributed by atoms with E-state index in [1.807, 2.05) is 30.3 Å². The average Bonchev–Trinajstić information content (AvgIpc) is 3.11. The van der Waals surface area contributed by atoms with Gasteiger partial charge < -0.3 is 0 Å². The zero-order valence-corrected chi connectivity index (χ0v) is 16.9. The number of benzene rings is 2. The Kier molecular flexibility index (Phi) is 5.32. The highest BCUT2D eigenvalue weighted by atomic mass is 35.5. The van der Waals surface area contributed by atoms with Crippen molar-refractivity contribution in [2.24, 2.45) is 0 Å². The number of amides is 1. The summed E-state index contributed by atoms with van der Waals surface area (Å²) in [4.78, 5) is 17.0. The fourth-order valence-corrected chi connectivity index (χ4v) is 4.39. The van der Waals surface area contributed by atoms with Crippen LogP contribution >= 0.6 is 23.1 Å². The van der Waals surface area contributed by atoms with E-state index in [0.717, 1.165) is 17.1 Å². The van der Waals surface area contributed by atoms with Gasteiger partial charge in [-0.1, -0.05) is 41.9 Å². The SMILES string of the molecule is CC(C)(C(=O)Nc1nsc(-c2ccccc2)n1)S(=O)(=O)c1ccc(Cl)cc1. The third kappa shape index (κ3) is 3.87.